The van der Waals surface area contributed by atoms with Gasteiger partial charge in [-0.15, -0.1) is 0 Å². The van der Waals surface area contributed by atoms with Gasteiger partial charge in [-0.2, -0.15) is 0 Å². The van der Waals surface area contributed by atoms with Crippen LogP contribution in [0.15, 0.2) is 29.1 Å². The fourth-order valence-corrected chi connectivity index (χ4v) is 4.50. The molecule has 2 N–H and O–H groups in total. The molecule has 2 aliphatic rings. The minimum atomic E-state index is -1.85. The number of phenolic OH excluding ortho intramolecular Hbond substituents is 1. The molecule has 0 amide bonds. The van der Waals surface area contributed by atoms with Crippen molar-refractivity contribution in [2.24, 2.45) is 0 Å². The summed E-state index contributed by atoms with van der Waals surface area (Å²) in [6.45, 7) is 5.91. The number of carbonyl (C=O) groups is 1. The number of aromatic hydroxyl groups is 1. The standard InChI is InChI=1S/C24H24N2O6/c1-4-24(30)17-8-19-21-13(9-26(19)22(28)16(17)11-32-23(24)29)7-14-15(10-31-12(2)3)20(27)6-5-18(14)25-21/h5-8,12,27,30H,4,9-11H2,1-3H3/t24-/m0/s1. The SMILES string of the molecule is CC[C@@]1(O)C(=O)OCc2c1cc1n(c2=O)Cc2cc3c(COC(C)C)c(O)ccc3nc2-1. The van der Waals surface area contributed by atoms with E-state index in [0.717, 1.165) is 10.9 Å². The van der Waals surface area contributed by atoms with Crippen LogP contribution in [0.5, 0.6) is 5.75 Å². The van der Waals surface area contributed by atoms with Crippen molar-refractivity contribution >= 4 is 16.9 Å². The monoisotopic (exact) mass is 436 g/mol. The van der Waals surface area contributed by atoms with E-state index in [2.05, 4.69) is 0 Å². The molecule has 2 aliphatic heterocycles. The number of rotatable bonds is 4. The van der Waals surface area contributed by atoms with Crippen LogP contribution in [0.1, 0.15) is 49.4 Å². The van der Waals surface area contributed by atoms with Crippen molar-refractivity contribution in [1.82, 2.24) is 9.55 Å². The highest BCUT2D eigenvalue weighted by Crippen LogP contribution is 2.39. The van der Waals surface area contributed by atoms with Gasteiger partial charge in [-0.05, 0) is 44.5 Å². The van der Waals surface area contributed by atoms with Crippen LogP contribution in [0.2, 0.25) is 0 Å². The summed E-state index contributed by atoms with van der Waals surface area (Å²) >= 11 is 0. The van der Waals surface area contributed by atoms with Crippen molar-refractivity contribution < 1.29 is 24.5 Å². The van der Waals surface area contributed by atoms with Crippen LogP contribution in [0.3, 0.4) is 0 Å². The van der Waals surface area contributed by atoms with E-state index in [1.165, 1.54) is 0 Å². The Morgan fingerprint density at radius 1 is 1.28 bits per heavy atom. The molecule has 0 radical (unpaired) electrons. The van der Waals surface area contributed by atoms with E-state index in [1.54, 1.807) is 29.7 Å². The molecule has 4 heterocycles. The molecule has 5 rings (SSSR count). The minimum absolute atomic E-state index is 0.00318. The highest BCUT2D eigenvalue weighted by Gasteiger charge is 2.45. The average Bonchev–Trinajstić information content (AvgIpc) is 3.12. The van der Waals surface area contributed by atoms with Gasteiger partial charge in [-0.3, -0.25) is 4.79 Å². The molecular weight excluding hydrogens is 412 g/mol. The number of fused-ring (bicyclic) bond motifs is 5. The van der Waals surface area contributed by atoms with Crippen LogP contribution in [-0.2, 0) is 39.6 Å². The molecule has 0 saturated heterocycles. The Hall–Kier alpha value is -3.23. The smallest absolute Gasteiger partial charge is 0.343 e. The van der Waals surface area contributed by atoms with E-state index in [1.807, 2.05) is 19.9 Å². The van der Waals surface area contributed by atoms with Crippen LogP contribution in [-0.4, -0.2) is 31.8 Å². The lowest BCUT2D eigenvalue weighted by Crippen LogP contribution is -2.44. The van der Waals surface area contributed by atoms with Gasteiger partial charge in [0.05, 0.1) is 41.7 Å². The predicted molar refractivity (Wildman–Crippen MR) is 116 cm³/mol. The highest BCUT2D eigenvalue weighted by atomic mass is 16.6. The first kappa shape index (κ1) is 20.7. The Morgan fingerprint density at radius 2 is 2.06 bits per heavy atom. The van der Waals surface area contributed by atoms with Crippen molar-refractivity contribution in [2.45, 2.75) is 58.7 Å². The molecule has 0 aliphatic carbocycles. The van der Waals surface area contributed by atoms with E-state index in [0.29, 0.717) is 40.1 Å². The summed E-state index contributed by atoms with van der Waals surface area (Å²) in [7, 11) is 0. The van der Waals surface area contributed by atoms with Crippen LogP contribution in [0, 0.1) is 0 Å². The topological polar surface area (TPSA) is 111 Å². The van der Waals surface area contributed by atoms with Crippen LogP contribution >= 0.6 is 0 Å². The van der Waals surface area contributed by atoms with Gasteiger partial charge >= 0.3 is 5.97 Å². The predicted octanol–water partition coefficient (Wildman–Crippen LogP) is 2.71. The van der Waals surface area contributed by atoms with Gasteiger partial charge in [0.1, 0.15) is 12.4 Å². The van der Waals surface area contributed by atoms with E-state index in [-0.39, 0.29) is 37.0 Å². The lowest BCUT2D eigenvalue weighted by Gasteiger charge is -2.31. The van der Waals surface area contributed by atoms with Gasteiger partial charge in [-0.1, -0.05) is 6.92 Å². The number of aliphatic hydroxyl groups is 1. The van der Waals surface area contributed by atoms with Crippen LogP contribution < -0.4 is 5.56 Å². The number of phenols is 1. The first-order valence-electron chi connectivity index (χ1n) is 10.7. The summed E-state index contributed by atoms with van der Waals surface area (Å²) in [4.78, 5) is 30.3. The quantitative estimate of drug-likeness (QED) is 0.473. The molecule has 0 saturated carbocycles. The molecule has 0 bridgehead atoms. The maximum absolute atomic E-state index is 13.2. The number of benzene rings is 1. The number of nitrogens with zero attached hydrogens (tertiary/aromatic N) is 2. The molecule has 3 aromatic rings. The van der Waals surface area contributed by atoms with Crippen molar-refractivity contribution in [2.75, 3.05) is 0 Å². The van der Waals surface area contributed by atoms with Crippen molar-refractivity contribution in [1.29, 1.82) is 0 Å². The summed E-state index contributed by atoms with van der Waals surface area (Å²) < 4.78 is 12.4. The van der Waals surface area contributed by atoms with Crippen LogP contribution in [0.4, 0.5) is 0 Å². The molecule has 8 heteroatoms. The molecule has 1 atom stereocenters. The Labute approximate surface area is 184 Å². The third-order valence-electron chi connectivity index (χ3n) is 6.34. The molecule has 8 nitrogen and oxygen atoms in total. The Balaban J connectivity index is 1.70. The van der Waals surface area contributed by atoms with Gasteiger partial charge in [0.2, 0.25) is 0 Å². The first-order valence-corrected chi connectivity index (χ1v) is 10.7. The largest absolute Gasteiger partial charge is 0.508 e. The molecule has 166 valence electrons. The summed E-state index contributed by atoms with van der Waals surface area (Å²) in [5, 5.41) is 22.1. The zero-order valence-electron chi connectivity index (χ0n) is 18.1. The van der Waals surface area contributed by atoms with E-state index in [9.17, 15) is 19.8 Å². The second kappa shape index (κ2) is 7.15. The maximum atomic E-state index is 13.2. The van der Waals surface area contributed by atoms with Crippen LogP contribution in [0.25, 0.3) is 22.3 Å². The fourth-order valence-electron chi connectivity index (χ4n) is 4.50. The van der Waals surface area contributed by atoms with Gasteiger partial charge < -0.3 is 24.3 Å². The summed E-state index contributed by atoms with van der Waals surface area (Å²) in [6.07, 6.45) is 0.0986. The number of ether oxygens (including phenoxy) is 2. The number of cyclic esters (lactones) is 1. The lowest BCUT2D eigenvalue weighted by molar-refractivity contribution is -0.172. The van der Waals surface area contributed by atoms with Crippen molar-refractivity contribution in [3.05, 3.63) is 56.9 Å². The Kier molecular flexibility index (Phi) is 4.61. The number of aromatic nitrogens is 2. The third kappa shape index (κ3) is 2.87. The van der Waals surface area contributed by atoms with Gasteiger partial charge in [-0.25, -0.2) is 9.78 Å². The molecule has 0 unspecified atom stereocenters. The zero-order valence-corrected chi connectivity index (χ0v) is 18.1. The van der Waals surface area contributed by atoms with Crippen molar-refractivity contribution in [3.8, 4) is 17.1 Å². The molecule has 0 fully saturated rings. The van der Waals surface area contributed by atoms with E-state index >= 15 is 0 Å². The fraction of sp³-hybridized carbons (Fsp3) is 0.375. The van der Waals surface area contributed by atoms with Gasteiger partial charge in [0, 0.05) is 22.1 Å². The van der Waals surface area contributed by atoms with E-state index < -0.39 is 11.6 Å². The summed E-state index contributed by atoms with van der Waals surface area (Å²) in [5.74, 6) is -0.612. The lowest BCUT2D eigenvalue weighted by atomic mass is 9.86. The number of pyridine rings is 2. The molecule has 0 spiro atoms. The highest BCUT2D eigenvalue weighted by molar-refractivity contribution is 5.89. The molecular formula is C24H24N2O6. The molecule has 2 aromatic heterocycles. The maximum Gasteiger partial charge on any atom is 0.343 e. The second-order valence-corrected chi connectivity index (χ2v) is 8.59. The molecule has 1 aromatic carbocycles. The third-order valence-corrected chi connectivity index (χ3v) is 6.34. The average molecular weight is 436 g/mol. The second-order valence-electron chi connectivity index (χ2n) is 8.59. The van der Waals surface area contributed by atoms with Crippen molar-refractivity contribution in [3.63, 3.8) is 0 Å². The summed E-state index contributed by atoms with van der Waals surface area (Å²) in [6, 6.07) is 6.92. The van der Waals surface area contributed by atoms with E-state index in [4.69, 9.17) is 14.5 Å². The first-order chi connectivity index (χ1) is 15.2. The Morgan fingerprint density at radius 3 is 2.78 bits per heavy atom. The number of hydrogen-bond donors (Lipinski definition) is 2. The normalized spacial score (nSPS) is 19.1. The summed E-state index contributed by atoms with van der Waals surface area (Å²) in [5.41, 5.74) is 1.73. The zero-order chi connectivity index (χ0) is 22.8. The molecule has 32 heavy (non-hydrogen) atoms. The number of esters is 1. The van der Waals surface area contributed by atoms with Gasteiger partial charge in [0.25, 0.3) is 5.56 Å². The Bertz CT molecular complexity index is 1340. The number of hydrogen-bond acceptors (Lipinski definition) is 7. The number of carbonyl (C=O) groups excluding carboxylic acids is 1. The minimum Gasteiger partial charge on any atom is -0.508 e. The van der Waals surface area contributed by atoms with Gasteiger partial charge in [0.15, 0.2) is 5.60 Å².